The summed E-state index contributed by atoms with van der Waals surface area (Å²) < 4.78 is 31.7. The Morgan fingerprint density at radius 1 is 1.15 bits per heavy atom. The van der Waals surface area contributed by atoms with Crippen LogP contribution in [0, 0.1) is 0 Å². The number of ether oxygens (including phenoxy) is 1. The molecule has 1 saturated heterocycles. The van der Waals surface area contributed by atoms with Crippen molar-refractivity contribution in [1.82, 2.24) is 4.90 Å². The minimum absolute atomic E-state index is 0.118. The van der Waals surface area contributed by atoms with Crippen LogP contribution in [-0.4, -0.2) is 48.6 Å². The topological polar surface area (TPSA) is 55.6 Å². The zero-order valence-electron chi connectivity index (χ0n) is 15.0. The van der Waals surface area contributed by atoms with E-state index in [1.54, 1.807) is 0 Å². The monoisotopic (exact) mass is 366 g/mol. The van der Waals surface area contributed by atoms with Crippen molar-refractivity contribution in [3.8, 4) is 0 Å². The lowest BCUT2D eigenvalue weighted by molar-refractivity contribution is -0.150. The number of nitrogens with two attached hydrogens (primary N) is 1. The normalized spacial score (nSPS) is 29.8. The Bertz CT molecular complexity index is 576. The van der Waals surface area contributed by atoms with E-state index in [-0.39, 0.29) is 18.8 Å². The van der Waals surface area contributed by atoms with Crippen LogP contribution in [0.15, 0.2) is 30.3 Å². The molecule has 2 fully saturated rings. The van der Waals surface area contributed by atoms with Gasteiger partial charge in [-0.3, -0.25) is 4.79 Å². The molecule has 0 spiro atoms. The summed E-state index contributed by atoms with van der Waals surface area (Å²) in [5.74, 6) is -0.563. The summed E-state index contributed by atoms with van der Waals surface area (Å²) in [5.41, 5.74) is 7.47. The molecule has 2 atom stereocenters. The number of hydrogen-bond acceptors (Lipinski definition) is 3. The Balaban J connectivity index is 1.51. The number of carbonyl (C=O) groups excluding carboxylic acids is 1. The molecule has 26 heavy (non-hydrogen) atoms. The predicted molar refractivity (Wildman–Crippen MR) is 96.1 cm³/mol. The van der Waals surface area contributed by atoms with Crippen molar-refractivity contribution in [2.75, 3.05) is 13.2 Å². The van der Waals surface area contributed by atoms with Gasteiger partial charge in [0, 0.05) is 12.6 Å². The standard InChI is InChI=1S/C20H28F2N2O2/c21-19(22)20(25)24-12-4-7-17(23)18(24)13-26-16-10-8-15(9-11-16)14-5-2-1-3-6-14/h1-3,5-6,15-19H,4,7-13,23H2/t15-,16+,17-,18-/m0/s1. The lowest BCUT2D eigenvalue weighted by Crippen LogP contribution is -2.58. The number of likely N-dealkylation sites (tertiary alicyclic amines) is 1. The number of hydrogen-bond donors (Lipinski definition) is 1. The fourth-order valence-corrected chi connectivity index (χ4v) is 4.22. The second-order valence-corrected chi connectivity index (χ2v) is 7.42. The number of alkyl halides is 2. The SMILES string of the molecule is N[C@H]1CCCN(C(=O)C(F)F)[C@H]1CO[C@H]1CC[C@@H](c2ccccc2)CC1. The number of amides is 1. The first-order valence-corrected chi connectivity index (χ1v) is 9.57. The van der Waals surface area contributed by atoms with Crippen LogP contribution >= 0.6 is 0 Å². The summed E-state index contributed by atoms with van der Waals surface area (Å²) in [7, 11) is 0. The van der Waals surface area contributed by atoms with Gasteiger partial charge < -0.3 is 15.4 Å². The molecule has 144 valence electrons. The number of carbonyl (C=O) groups is 1. The Morgan fingerprint density at radius 3 is 2.50 bits per heavy atom. The average Bonchev–Trinajstić information content (AvgIpc) is 2.67. The van der Waals surface area contributed by atoms with Crippen molar-refractivity contribution < 1.29 is 18.3 Å². The van der Waals surface area contributed by atoms with Gasteiger partial charge in [0.2, 0.25) is 0 Å². The molecule has 2 N–H and O–H groups in total. The highest BCUT2D eigenvalue weighted by molar-refractivity contribution is 5.79. The highest BCUT2D eigenvalue weighted by atomic mass is 19.3. The molecular formula is C20H28F2N2O2. The van der Waals surface area contributed by atoms with Crippen molar-refractivity contribution >= 4 is 5.91 Å². The predicted octanol–water partition coefficient (Wildman–Crippen LogP) is 3.31. The zero-order chi connectivity index (χ0) is 18.5. The summed E-state index contributed by atoms with van der Waals surface area (Å²) in [5, 5.41) is 0. The summed E-state index contributed by atoms with van der Waals surface area (Å²) in [6, 6.07) is 9.75. The minimum Gasteiger partial charge on any atom is -0.376 e. The van der Waals surface area contributed by atoms with Gasteiger partial charge in [0.1, 0.15) is 0 Å². The maximum atomic E-state index is 12.8. The first kappa shape index (κ1) is 19.2. The Kier molecular flexibility index (Phi) is 6.59. The van der Waals surface area contributed by atoms with Crippen LogP contribution in [-0.2, 0) is 9.53 Å². The molecular weight excluding hydrogens is 338 g/mol. The van der Waals surface area contributed by atoms with Gasteiger partial charge in [-0.2, -0.15) is 8.78 Å². The average molecular weight is 366 g/mol. The molecule has 1 aromatic carbocycles. The van der Waals surface area contributed by atoms with Crippen molar-refractivity contribution in [1.29, 1.82) is 0 Å². The minimum atomic E-state index is -2.98. The van der Waals surface area contributed by atoms with Gasteiger partial charge in [-0.05, 0) is 50.0 Å². The lowest BCUT2D eigenvalue weighted by Gasteiger charge is -2.40. The van der Waals surface area contributed by atoms with E-state index in [4.69, 9.17) is 10.5 Å². The molecule has 0 radical (unpaired) electrons. The van der Waals surface area contributed by atoms with Gasteiger partial charge in [0.05, 0.1) is 18.8 Å². The number of benzene rings is 1. The van der Waals surface area contributed by atoms with E-state index >= 15 is 0 Å². The summed E-state index contributed by atoms with van der Waals surface area (Å²) >= 11 is 0. The summed E-state index contributed by atoms with van der Waals surface area (Å²) in [4.78, 5) is 13.0. The summed E-state index contributed by atoms with van der Waals surface area (Å²) in [6.45, 7) is 0.589. The van der Waals surface area contributed by atoms with Crippen molar-refractivity contribution in [2.45, 2.75) is 69.1 Å². The van der Waals surface area contributed by atoms with Crippen molar-refractivity contribution in [2.24, 2.45) is 5.73 Å². The van der Waals surface area contributed by atoms with E-state index in [1.807, 2.05) is 6.07 Å². The molecule has 1 aromatic rings. The van der Waals surface area contributed by atoms with E-state index in [1.165, 1.54) is 10.5 Å². The molecule has 0 unspecified atom stereocenters. The fourth-order valence-electron chi connectivity index (χ4n) is 4.22. The van der Waals surface area contributed by atoms with Crippen molar-refractivity contribution in [3.05, 3.63) is 35.9 Å². The molecule has 1 aliphatic heterocycles. The summed E-state index contributed by atoms with van der Waals surface area (Å²) in [6.07, 6.45) is 2.56. The molecule has 0 bridgehead atoms. The van der Waals surface area contributed by atoms with Crippen LogP contribution in [0.3, 0.4) is 0 Å². The first-order chi connectivity index (χ1) is 12.6. The van der Waals surface area contributed by atoms with Gasteiger partial charge in [0.15, 0.2) is 0 Å². The fraction of sp³-hybridized carbons (Fsp3) is 0.650. The number of rotatable bonds is 5. The van der Waals surface area contributed by atoms with Crippen LogP contribution in [0.25, 0.3) is 0 Å². The van der Waals surface area contributed by atoms with E-state index in [0.29, 0.717) is 18.9 Å². The van der Waals surface area contributed by atoms with E-state index in [2.05, 4.69) is 24.3 Å². The number of piperidine rings is 1. The third-order valence-electron chi connectivity index (χ3n) is 5.75. The van der Waals surface area contributed by atoms with Crippen LogP contribution in [0.1, 0.15) is 50.0 Å². The second-order valence-electron chi connectivity index (χ2n) is 7.42. The largest absolute Gasteiger partial charge is 0.376 e. The Morgan fingerprint density at radius 2 is 1.85 bits per heavy atom. The third-order valence-corrected chi connectivity index (χ3v) is 5.75. The molecule has 0 aromatic heterocycles. The van der Waals surface area contributed by atoms with Crippen LogP contribution < -0.4 is 5.73 Å². The van der Waals surface area contributed by atoms with Crippen molar-refractivity contribution in [3.63, 3.8) is 0 Å². The van der Waals surface area contributed by atoms with Gasteiger partial charge in [0.25, 0.3) is 5.91 Å². The smallest absolute Gasteiger partial charge is 0.315 e. The van der Waals surface area contributed by atoms with Gasteiger partial charge in [-0.25, -0.2) is 0 Å². The second kappa shape index (κ2) is 8.91. The molecule has 1 amide bonds. The molecule has 6 heteroatoms. The highest BCUT2D eigenvalue weighted by Gasteiger charge is 2.36. The highest BCUT2D eigenvalue weighted by Crippen LogP contribution is 2.34. The maximum Gasteiger partial charge on any atom is 0.315 e. The van der Waals surface area contributed by atoms with Crippen LogP contribution in [0.2, 0.25) is 0 Å². The van der Waals surface area contributed by atoms with E-state index in [0.717, 1.165) is 32.1 Å². The molecule has 2 aliphatic rings. The van der Waals surface area contributed by atoms with Gasteiger partial charge in [-0.15, -0.1) is 0 Å². The molecule has 1 heterocycles. The lowest BCUT2D eigenvalue weighted by atomic mass is 9.83. The maximum absolute atomic E-state index is 12.8. The third kappa shape index (κ3) is 4.60. The number of halogens is 2. The van der Waals surface area contributed by atoms with Crippen LogP contribution in [0.4, 0.5) is 8.78 Å². The van der Waals surface area contributed by atoms with Crippen LogP contribution in [0.5, 0.6) is 0 Å². The van der Waals surface area contributed by atoms with Gasteiger partial charge >= 0.3 is 6.43 Å². The van der Waals surface area contributed by atoms with Gasteiger partial charge in [-0.1, -0.05) is 30.3 Å². The zero-order valence-corrected chi connectivity index (χ0v) is 15.0. The molecule has 4 nitrogen and oxygen atoms in total. The van der Waals surface area contributed by atoms with E-state index < -0.39 is 18.4 Å². The Hall–Kier alpha value is -1.53. The first-order valence-electron chi connectivity index (χ1n) is 9.57. The quantitative estimate of drug-likeness (QED) is 0.870. The Labute approximate surface area is 153 Å². The molecule has 1 aliphatic carbocycles. The molecule has 1 saturated carbocycles. The molecule has 3 rings (SSSR count). The number of nitrogens with zero attached hydrogens (tertiary/aromatic N) is 1. The van der Waals surface area contributed by atoms with E-state index in [9.17, 15) is 13.6 Å².